The number of furan rings is 2. The molecule has 0 spiro atoms. The van der Waals surface area contributed by atoms with Crippen molar-refractivity contribution in [2.75, 3.05) is 5.01 Å². The van der Waals surface area contributed by atoms with E-state index in [-0.39, 0.29) is 5.84 Å². The van der Waals surface area contributed by atoms with Crippen molar-refractivity contribution in [3.8, 4) is 0 Å². The fourth-order valence-corrected chi connectivity index (χ4v) is 2.90. The quantitative estimate of drug-likeness (QED) is 0.583. The third kappa shape index (κ3) is 2.79. The Morgan fingerprint density at radius 3 is 2.28 bits per heavy atom. The minimum atomic E-state index is -0.667. The number of quaternary nitrogens is 1. The number of benzene rings is 1. The molecule has 3 aromatic rings. The summed E-state index contributed by atoms with van der Waals surface area (Å²) in [5.41, 5.74) is 0.734. The van der Waals surface area contributed by atoms with Crippen molar-refractivity contribution < 1.29 is 19.1 Å². The van der Waals surface area contributed by atoms with Crippen LogP contribution in [0.5, 0.6) is 0 Å². The molecule has 1 aromatic carbocycles. The van der Waals surface area contributed by atoms with E-state index < -0.39 is 17.1 Å². The van der Waals surface area contributed by atoms with E-state index in [1.54, 1.807) is 29.5 Å². The van der Waals surface area contributed by atoms with Crippen LogP contribution >= 0.6 is 0 Å². The van der Waals surface area contributed by atoms with Gasteiger partial charge in [-0.25, -0.2) is 0 Å². The van der Waals surface area contributed by atoms with Crippen LogP contribution < -0.4 is 10.3 Å². The summed E-state index contributed by atoms with van der Waals surface area (Å²) in [5, 5.41) is 19.3. The van der Waals surface area contributed by atoms with Gasteiger partial charge in [0.05, 0.1) is 23.3 Å². The van der Waals surface area contributed by atoms with Gasteiger partial charge in [0.15, 0.2) is 11.5 Å². The molecule has 8 heteroatoms. The van der Waals surface area contributed by atoms with Crippen molar-refractivity contribution in [1.29, 1.82) is 0 Å². The molecule has 2 aromatic heterocycles. The van der Waals surface area contributed by atoms with Crippen LogP contribution in [0.4, 0.5) is 5.69 Å². The number of amidine groups is 1. The van der Waals surface area contributed by atoms with Crippen LogP contribution in [0.2, 0.25) is 0 Å². The van der Waals surface area contributed by atoms with Gasteiger partial charge >= 0.3 is 5.84 Å². The van der Waals surface area contributed by atoms with Crippen LogP contribution in [-0.4, -0.2) is 10.8 Å². The molecule has 0 saturated carbocycles. The van der Waals surface area contributed by atoms with E-state index in [4.69, 9.17) is 8.83 Å². The minimum Gasteiger partial charge on any atom is -0.462 e. The third-order valence-corrected chi connectivity index (χ3v) is 4.02. The number of hydrazone groups is 1. The normalized spacial score (nSPS) is 20.3. The van der Waals surface area contributed by atoms with Crippen LogP contribution in [0.15, 0.2) is 81.1 Å². The third-order valence-electron chi connectivity index (χ3n) is 4.02. The van der Waals surface area contributed by atoms with Crippen LogP contribution in [0.1, 0.15) is 23.7 Å². The predicted octanol–water partition coefficient (Wildman–Crippen LogP) is 2.29. The van der Waals surface area contributed by atoms with Gasteiger partial charge < -0.3 is 18.9 Å². The maximum absolute atomic E-state index is 11.6. The molecule has 0 aliphatic carbocycles. The lowest BCUT2D eigenvalue weighted by Gasteiger charge is -2.27. The molecule has 126 valence electrons. The molecule has 1 aliphatic heterocycles. The van der Waals surface area contributed by atoms with Gasteiger partial charge in [0.1, 0.15) is 0 Å². The van der Waals surface area contributed by atoms with E-state index >= 15 is 0 Å². The van der Waals surface area contributed by atoms with Gasteiger partial charge in [0, 0.05) is 0 Å². The Labute approximate surface area is 142 Å². The SMILES string of the molecule is O=[N+]([O-])C1=NN(c2ccccc2)[C@H](c2ccco2)[NH2+][C@H]1c1ccco1. The van der Waals surface area contributed by atoms with Gasteiger partial charge in [-0.3, -0.25) is 5.32 Å². The Morgan fingerprint density at radius 2 is 1.68 bits per heavy atom. The molecule has 2 atom stereocenters. The monoisotopic (exact) mass is 339 g/mol. The summed E-state index contributed by atoms with van der Waals surface area (Å²) in [6.45, 7) is 0. The van der Waals surface area contributed by atoms with Crippen LogP contribution in [0.25, 0.3) is 0 Å². The standard InChI is InChI=1S/C17H14N4O4/c22-21(23)17-15(13-8-4-10-24-13)18-16(14-9-5-11-25-14)20(19-17)12-6-2-1-3-7-12/h1-11,15-16,18H/p+1/t15-,16+/m0/s1. The predicted molar refractivity (Wildman–Crippen MR) is 88.2 cm³/mol. The van der Waals surface area contributed by atoms with Crippen molar-refractivity contribution in [2.24, 2.45) is 5.10 Å². The van der Waals surface area contributed by atoms with Gasteiger partial charge in [0.25, 0.3) is 12.2 Å². The van der Waals surface area contributed by atoms with Crippen molar-refractivity contribution in [1.82, 2.24) is 0 Å². The molecule has 0 unspecified atom stereocenters. The summed E-state index contributed by atoms with van der Waals surface area (Å²) in [5.74, 6) is 0.924. The number of hydrogen-bond acceptors (Lipinski definition) is 6. The Kier molecular flexibility index (Phi) is 3.79. The van der Waals surface area contributed by atoms with E-state index in [1.165, 1.54) is 6.26 Å². The number of anilines is 1. The number of rotatable bonds is 3. The number of para-hydroxylation sites is 1. The van der Waals surface area contributed by atoms with Crippen LogP contribution in [0.3, 0.4) is 0 Å². The highest BCUT2D eigenvalue weighted by Gasteiger charge is 2.47. The highest BCUT2D eigenvalue weighted by molar-refractivity contribution is 5.81. The second kappa shape index (κ2) is 6.25. The molecular weight excluding hydrogens is 324 g/mol. The van der Waals surface area contributed by atoms with E-state index in [0.717, 1.165) is 5.69 Å². The molecular formula is C17H15N4O4+. The molecule has 0 amide bonds. The first kappa shape index (κ1) is 15.2. The molecule has 3 heterocycles. The zero-order chi connectivity index (χ0) is 17.2. The first-order chi connectivity index (χ1) is 12.2. The average molecular weight is 339 g/mol. The topological polar surface area (TPSA) is 102 Å². The Balaban J connectivity index is 1.83. The smallest absolute Gasteiger partial charge is 0.430 e. The average Bonchev–Trinajstić information content (AvgIpc) is 3.35. The minimum absolute atomic E-state index is 0.193. The zero-order valence-electron chi connectivity index (χ0n) is 13.1. The summed E-state index contributed by atoms with van der Waals surface area (Å²) in [7, 11) is 0. The van der Waals surface area contributed by atoms with Crippen molar-refractivity contribution in [3.63, 3.8) is 0 Å². The molecule has 4 rings (SSSR count). The summed E-state index contributed by atoms with van der Waals surface area (Å²) < 4.78 is 10.9. The number of nitrogens with two attached hydrogens (primary N) is 1. The molecule has 0 bridgehead atoms. The second-order valence-electron chi connectivity index (χ2n) is 5.54. The maximum atomic E-state index is 11.6. The van der Waals surface area contributed by atoms with E-state index in [0.29, 0.717) is 11.5 Å². The Bertz CT molecular complexity index is 875. The van der Waals surface area contributed by atoms with Gasteiger partial charge in [-0.15, -0.1) is 5.01 Å². The van der Waals surface area contributed by atoms with Crippen molar-refractivity contribution >= 4 is 11.5 Å². The lowest BCUT2D eigenvalue weighted by atomic mass is 10.1. The molecule has 0 saturated heterocycles. The molecule has 0 fully saturated rings. The van der Waals surface area contributed by atoms with E-state index in [1.807, 2.05) is 41.7 Å². The number of nitro groups is 1. The highest BCUT2D eigenvalue weighted by Crippen LogP contribution is 2.28. The van der Waals surface area contributed by atoms with Gasteiger partial charge in [-0.2, -0.15) is 0 Å². The van der Waals surface area contributed by atoms with Gasteiger partial charge in [0.2, 0.25) is 0 Å². The molecule has 25 heavy (non-hydrogen) atoms. The van der Waals surface area contributed by atoms with Gasteiger partial charge in [-0.05, 0) is 41.3 Å². The van der Waals surface area contributed by atoms with Crippen LogP contribution in [-0.2, 0) is 0 Å². The summed E-state index contributed by atoms with van der Waals surface area (Å²) in [6.07, 6.45) is 2.67. The van der Waals surface area contributed by atoms with E-state index in [2.05, 4.69) is 5.10 Å². The molecule has 2 N–H and O–H groups in total. The van der Waals surface area contributed by atoms with Crippen LogP contribution in [0, 0.1) is 10.1 Å². The lowest BCUT2D eigenvalue weighted by Crippen LogP contribution is -2.92. The largest absolute Gasteiger partial charge is 0.462 e. The fourth-order valence-electron chi connectivity index (χ4n) is 2.90. The zero-order valence-corrected chi connectivity index (χ0v) is 13.1. The maximum Gasteiger partial charge on any atom is 0.430 e. The van der Waals surface area contributed by atoms with Crippen molar-refractivity contribution in [3.05, 3.63) is 88.8 Å². The molecule has 8 nitrogen and oxygen atoms in total. The summed E-state index contributed by atoms with van der Waals surface area (Å²) in [4.78, 5) is 11.1. The second-order valence-corrected chi connectivity index (χ2v) is 5.54. The lowest BCUT2D eigenvalue weighted by molar-refractivity contribution is -0.732. The first-order valence-electron chi connectivity index (χ1n) is 7.73. The number of hydrogen-bond donors (Lipinski definition) is 1. The molecule has 0 radical (unpaired) electrons. The van der Waals surface area contributed by atoms with Gasteiger partial charge in [-0.1, -0.05) is 18.2 Å². The molecule has 1 aliphatic rings. The van der Waals surface area contributed by atoms with E-state index in [9.17, 15) is 10.1 Å². The summed E-state index contributed by atoms with van der Waals surface area (Å²) in [6, 6.07) is 15.6. The fraction of sp³-hybridized carbons (Fsp3) is 0.118. The highest BCUT2D eigenvalue weighted by atomic mass is 16.6. The van der Waals surface area contributed by atoms with Crippen molar-refractivity contribution in [2.45, 2.75) is 12.2 Å². The number of nitrogens with zero attached hydrogens (tertiary/aromatic N) is 3. The Hall–Kier alpha value is -3.39. The Morgan fingerprint density at radius 1 is 1.00 bits per heavy atom. The first-order valence-corrected chi connectivity index (χ1v) is 7.73. The summed E-state index contributed by atoms with van der Waals surface area (Å²) >= 11 is 0.